The minimum atomic E-state index is -0.454. The van der Waals surface area contributed by atoms with Crippen molar-refractivity contribution in [2.45, 2.75) is 12.8 Å². The van der Waals surface area contributed by atoms with Crippen LogP contribution in [-0.2, 0) is 9.47 Å². The number of nitrogens with zero attached hydrogens (tertiary/aromatic N) is 2. The van der Waals surface area contributed by atoms with E-state index in [-0.39, 0.29) is 6.03 Å². The molecule has 3 rings (SSSR count). The summed E-state index contributed by atoms with van der Waals surface area (Å²) in [6.07, 6.45) is 2.01. The Bertz CT molecular complexity index is 623. The van der Waals surface area contributed by atoms with E-state index in [9.17, 15) is 9.59 Å². The maximum absolute atomic E-state index is 12.6. The zero-order chi connectivity index (χ0) is 18.4. The molecule has 2 heterocycles. The Morgan fingerprint density at radius 2 is 1.85 bits per heavy atom. The molecule has 0 saturated carbocycles. The van der Waals surface area contributed by atoms with E-state index in [1.54, 1.807) is 24.3 Å². The highest BCUT2D eigenvalue weighted by Gasteiger charge is 2.25. The molecule has 0 spiro atoms. The van der Waals surface area contributed by atoms with Crippen molar-refractivity contribution < 1.29 is 19.1 Å². The molecule has 1 aromatic carbocycles. The Morgan fingerprint density at radius 1 is 1.15 bits per heavy atom. The van der Waals surface area contributed by atoms with Crippen molar-refractivity contribution in [3.63, 3.8) is 0 Å². The molecular formula is C19H27N3O4. The van der Waals surface area contributed by atoms with Gasteiger partial charge in [0.25, 0.3) is 0 Å². The molecular weight excluding hydrogens is 334 g/mol. The third-order valence-corrected chi connectivity index (χ3v) is 5.10. The van der Waals surface area contributed by atoms with Crippen LogP contribution < -0.4 is 5.32 Å². The van der Waals surface area contributed by atoms with E-state index < -0.39 is 5.97 Å². The molecule has 2 aliphatic rings. The van der Waals surface area contributed by atoms with Gasteiger partial charge in [0.1, 0.15) is 0 Å². The highest BCUT2D eigenvalue weighted by molar-refractivity contribution is 6.00. The summed E-state index contributed by atoms with van der Waals surface area (Å²) in [5.41, 5.74) is 0.852. The largest absolute Gasteiger partial charge is 0.465 e. The zero-order valence-electron chi connectivity index (χ0n) is 15.3. The maximum atomic E-state index is 12.6. The highest BCUT2D eigenvalue weighted by atomic mass is 16.5. The average Bonchev–Trinajstić information content (AvgIpc) is 2.69. The lowest BCUT2D eigenvalue weighted by Gasteiger charge is -2.36. The van der Waals surface area contributed by atoms with Gasteiger partial charge in [-0.1, -0.05) is 12.1 Å². The normalized spacial score (nSPS) is 19.2. The molecule has 2 saturated heterocycles. The smallest absolute Gasteiger partial charge is 0.339 e. The number of hydrogen-bond donors (Lipinski definition) is 1. The monoisotopic (exact) mass is 361 g/mol. The lowest BCUT2D eigenvalue weighted by atomic mass is 9.96. The van der Waals surface area contributed by atoms with Crippen LogP contribution in [-0.4, -0.2) is 74.8 Å². The molecule has 0 radical (unpaired) electrons. The predicted octanol–water partition coefficient (Wildman–Crippen LogP) is 2.05. The van der Waals surface area contributed by atoms with Gasteiger partial charge in [-0.25, -0.2) is 9.59 Å². The second-order valence-electron chi connectivity index (χ2n) is 6.81. The van der Waals surface area contributed by atoms with Crippen molar-refractivity contribution in [1.29, 1.82) is 0 Å². The Morgan fingerprint density at radius 3 is 2.54 bits per heavy atom. The number of morpholine rings is 1. The molecule has 1 N–H and O–H groups in total. The molecule has 2 amide bonds. The van der Waals surface area contributed by atoms with E-state index in [0.717, 1.165) is 58.8 Å². The van der Waals surface area contributed by atoms with E-state index in [4.69, 9.17) is 9.47 Å². The fraction of sp³-hybridized carbons (Fsp3) is 0.579. The van der Waals surface area contributed by atoms with Crippen LogP contribution in [0, 0.1) is 5.92 Å². The number of carbonyl (C=O) groups is 2. The van der Waals surface area contributed by atoms with Crippen molar-refractivity contribution in [2.24, 2.45) is 5.92 Å². The van der Waals surface area contributed by atoms with Crippen LogP contribution in [0.5, 0.6) is 0 Å². The standard InChI is InChI=1S/C19H27N3O4/c1-25-18(23)16-4-2-3-5-17(16)20-19(24)22-8-6-15(7-9-22)14-21-10-12-26-13-11-21/h2-5,15H,6-14H2,1H3,(H,20,24). The number of rotatable bonds is 4. The van der Waals surface area contributed by atoms with Crippen molar-refractivity contribution in [3.05, 3.63) is 29.8 Å². The van der Waals surface area contributed by atoms with Crippen molar-refractivity contribution in [2.75, 3.05) is 58.4 Å². The number of ether oxygens (including phenoxy) is 2. The summed E-state index contributed by atoms with van der Waals surface area (Å²) in [5, 5.41) is 2.85. The number of likely N-dealkylation sites (tertiary alicyclic amines) is 1. The van der Waals surface area contributed by atoms with Crippen LogP contribution in [0.1, 0.15) is 23.2 Å². The van der Waals surface area contributed by atoms with Gasteiger partial charge in [-0.2, -0.15) is 0 Å². The molecule has 0 atom stereocenters. The highest BCUT2D eigenvalue weighted by Crippen LogP contribution is 2.21. The minimum Gasteiger partial charge on any atom is -0.465 e. The van der Waals surface area contributed by atoms with Crippen LogP contribution in [0.2, 0.25) is 0 Å². The fourth-order valence-electron chi connectivity index (χ4n) is 3.54. The number of esters is 1. The SMILES string of the molecule is COC(=O)c1ccccc1NC(=O)N1CCC(CN2CCOCC2)CC1. The number of amides is 2. The summed E-state index contributed by atoms with van der Waals surface area (Å²) in [6, 6.07) is 6.74. The van der Waals surface area contributed by atoms with E-state index in [0.29, 0.717) is 17.2 Å². The Labute approximate surface area is 154 Å². The topological polar surface area (TPSA) is 71.1 Å². The molecule has 142 valence electrons. The third-order valence-electron chi connectivity index (χ3n) is 5.10. The first kappa shape index (κ1) is 18.7. The van der Waals surface area contributed by atoms with Gasteiger partial charge in [0, 0.05) is 32.7 Å². The molecule has 0 aromatic heterocycles. The number of carbonyl (C=O) groups excluding carboxylic acids is 2. The number of piperidine rings is 1. The fourth-order valence-corrected chi connectivity index (χ4v) is 3.54. The second-order valence-corrected chi connectivity index (χ2v) is 6.81. The quantitative estimate of drug-likeness (QED) is 0.831. The van der Waals surface area contributed by atoms with Crippen LogP contribution in [0.3, 0.4) is 0 Å². The van der Waals surface area contributed by atoms with Crippen LogP contribution in [0.4, 0.5) is 10.5 Å². The van der Waals surface area contributed by atoms with Crippen molar-refractivity contribution in [3.8, 4) is 0 Å². The number of benzene rings is 1. The Balaban J connectivity index is 1.50. The first-order valence-electron chi connectivity index (χ1n) is 9.20. The van der Waals surface area contributed by atoms with Gasteiger partial charge >= 0.3 is 12.0 Å². The predicted molar refractivity (Wildman–Crippen MR) is 98.4 cm³/mol. The van der Waals surface area contributed by atoms with E-state index in [1.165, 1.54) is 7.11 Å². The summed E-state index contributed by atoms with van der Waals surface area (Å²) < 4.78 is 10.2. The number of urea groups is 1. The van der Waals surface area contributed by atoms with Gasteiger partial charge in [-0.3, -0.25) is 4.90 Å². The Kier molecular flexibility index (Phi) is 6.46. The molecule has 0 bridgehead atoms. The molecule has 2 fully saturated rings. The lowest BCUT2D eigenvalue weighted by molar-refractivity contribution is 0.0260. The number of anilines is 1. The van der Waals surface area contributed by atoms with E-state index in [2.05, 4.69) is 10.2 Å². The van der Waals surface area contributed by atoms with Gasteiger partial charge in [-0.15, -0.1) is 0 Å². The first-order valence-corrected chi connectivity index (χ1v) is 9.20. The number of hydrogen-bond acceptors (Lipinski definition) is 5. The van der Waals surface area contributed by atoms with E-state index >= 15 is 0 Å². The summed E-state index contributed by atoms with van der Waals surface area (Å²) in [5.74, 6) is 0.171. The van der Waals surface area contributed by atoms with E-state index in [1.807, 2.05) is 4.90 Å². The molecule has 7 heteroatoms. The minimum absolute atomic E-state index is 0.161. The molecule has 1 aromatic rings. The lowest BCUT2D eigenvalue weighted by Crippen LogP contribution is -2.45. The number of nitrogens with one attached hydrogen (secondary N) is 1. The van der Waals surface area contributed by atoms with Crippen LogP contribution >= 0.6 is 0 Å². The van der Waals surface area contributed by atoms with Gasteiger partial charge < -0.3 is 19.7 Å². The van der Waals surface area contributed by atoms with Crippen LogP contribution in [0.25, 0.3) is 0 Å². The van der Waals surface area contributed by atoms with Crippen molar-refractivity contribution in [1.82, 2.24) is 9.80 Å². The summed E-state index contributed by atoms with van der Waals surface area (Å²) in [7, 11) is 1.33. The number of para-hydroxylation sites is 1. The van der Waals surface area contributed by atoms with Gasteiger partial charge in [0.05, 0.1) is 31.6 Å². The van der Waals surface area contributed by atoms with Gasteiger partial charge in [-0.05, 0) is 30.9 Å². The maximum Gasteiger partial charge on any atom is 0.339 e. The van der Waals surface area contributed by atoms with Gasteiger partial charge in [0.2, 0.25) is 0 Å². The average molecular weight is 361 g/mol. The summed E-state index contributed by atoms with van der Waals surface area (Å²) in [4.78, 5) is 28.7. The Hall–Kier alpha value is -2.12. The zero-order valence-corrected chi connectivity index (χ0v) is 15.3. The molecule has 26 heavy (non-hydrogen) atoms. The summed E-state index contributed by atoms with van der Waals surface area (Å²) in [6.45, 7) is 6.21. The first-order chi connectivity index (χ1) is 12.7. The molecule has 0 unspecified atom stereocenters. The van der Waals surface area contributed by atoms with Crippen LogP contribution in [0.15, 0.2) is 24.3 Å². The van der Waals surface area contributed by atoms with Crippen molar-refractivity contribution >= 4 is 17.7 Å². The second kappa shape index (κ2) is 9.00. The molecule has 2 aliphatic heterocycles. The molecule has 0 aliphatic carbocycles. The molecule has 7 nitrogen and oxygen atoms in total. The third kappa shape index (κ3) is 4.74. The number of methoxy groups -OCH3 is 1. The van der Waals surface area contributed by atoms with Gasteiger partial charge in [0.15, 0.2) is 0 Å². The summed E-state index contributed by atoms with van der Waals surface area (Å²) >= 11 is 0.